The van der Waals surface area contributed by atoms with Crippen LogP contribution in [0.25, 0.3) is 22.1 Å². The summed E-state index contributed by atoms with van der Waals surface area (Å²) in [4.78, 5) is 40.8. The zero-order valence-electron chi connectivity index (χ0n) is 19.1. The molecule has 2 aromatic carbocycles. The Hall–Kier alpha value is -3.61. The van der Waals surface area contributed by atoms with Gasteiger partial charge in [-0.25, -0.2) is 4.79 Å². The second-order valence-corrected chi connectivity index (χ2v) is 8.62. The summed E-state index contributed by atoms with van der Waals surface area (Å²) >= 11 is 0. The minimum atomic E-state index is -0.736. The van der Waals surface area contributed by atoms with Crippen LogP contribution in [-0.4, -0.2) is 54.9 Å². The Kier molecular flexibility index (Phi) is 6.49. The molecule has 7 heteroatoms. The zero-order chi connectivity index (χ0) is 23.5. The summed E-state index contributed by atoms with van der Waals surface area (Å²) in [5.41, 5.74) is 1.64. The average Bonchev–Trinajstić information content (AvgIpc) is 2.82. The highest BCUT2D eigenvalue weighted by atomic mass is 16.5. The number of carbonyl (C=O) groups excluding carboxylic acids is 2. The molecule has 0 bridgehead atoms. The van der Waals surface area contributed by atoms with Crippen molar-refractivity contribution in [2.24, 2.45) is 5.92 Å². The van der Waals surface area contributed by atoms with Crippen molar-refractivity contribution in [1.82, 2.24) is 9.80 Å². The summed E-state index contributed by atoms with van der Waals surface area (Å²) in [6.07, 6.45) is 0.829. The fourth-order valence-electron chi connectivity index (χ4n) is 4.33. The largest absolute Gasteiger partial charge is 0.481 e. The molecule has 172 valence electrons. The van der Waals surface area contributed by atoms with Crippen LogP contribution in [0, 0.1) is 5.92 Å². The number of hydrogen-bond acceptors (Lipinski definition) is 5. The lowest BCUT2D eigenvalue weighted by Crippen LogP contribution is -2.48. The van der Waals surface area contributed by atoms with Gasteiger partial charge in [0.05, 0.1) is 5.92 Å². The number of rotatable bonds is 5. The van der Waals surface area contributed by atoms with Gasteiger partial charge in [0.2, 0.25) is 5.91 Å². The van der Waals surface area contributed by atoms with Crippen molar-refractivity contribution in [2.75, 3.05) is 27.2 Å². The van der Waals surface area contributed by atoms with Crippen LogP contribution in [0.3, 0.4) is 0 Å². The lowest BCUT2D eigenvalue weighted by Gasteiger charge is -2.34. The van der Waals surface area contributed by atoms with Crippen molar-refractivity contribution in [3.05, 3.63) is 65.0 Å². The van der Waals surface area contributed by atoms with Crippen molar-refractivity contribution in [2.45, 2.75) is 25.9 Å². The Morgan fingerprint density at radius 2 is 1.88 bits per heavy atom. The predicted octanol–water partition coefficient (Wildman–Crippen LogP) is 3.55. The molecule has 1 saturated heterocycles. The van der Waals surface area contributed by atoms with E-state index in [-0.39, 0.29) is 17.7 Å². The molecule has 2 amide bonds. The summed E-state index contributed by atoms with van der Waals surface area (Å²) in [7, 11) is 3.46. The van der Waals surface area contributed by atoms with Gasteiger partial charge in [-0.2, -0.15) is 0 Å². The standard InChI is InChI=1S/C26H28N2O5/c1-17(25(30)28-13-7-10-19(16-28)26(31)27(2)3)32-20-11-12-21-22(18-8-5-4-6-9-18)15-24(29)33-23(21)14-20/h4-6,8-9,11-12,14-15,17,19H,7,10,13,16H2,1-3H3. The van der Waals surface area contributed by atoms with Crippen LogP contribution < -0.4 is 10.4 Å². The third-order valence-corrected chi connectivity index (χ3v) is 5.98. The molecule has 4 rings (SSSR count). The molecule has 2 atom stereocenters. The molecule has 3 aromatic rings. The number of piperidine rings is 1. The van der Waals surface area contributed by atoms with Crippen LogP contribution in [0.2, 0.25) is 0 Å². The molecule has 2 unspecified atom stereocenters. The highest BCUT2D eigenvalue weighted by Crippen LogP contribution is 2.30. The molecule has 1 aliphatic rings. The SMILES string of the molecule is CC(Oc1ccc2c(-c3ccccc3)cc(=O)oc2c1)C(=O)N1CCCC(C(=O)N(C)C)C1. The Morgan fingerprint density at radius 3 is 2.61 bits per heavy atom. The summed E-state index contributed by atoms with van der Waals surface area (Å²) in [6, 6.07) is 16.3. The van der Waals surface area contributed by atoms with Crippen LogP contribution in [0.5, 0.6) is 5.75 Å². The third-order valence-electron chi connectivity index (χ3n) is 5.98. The number of fused-ring (bicyclic) bond motifs is 1. The number of carbonyl (C=O) groups is 2. The van der Waals surface area contributed by atoms with Gasteiger partial charge < -0.3 is 19.0 Å². The van der Waals surface area contributed by atoms with Gasteiger partial charge in [-0.3, -0.25) is 9.59 Å². The molecule has 7 nitrogen and oxygen atoms in total. The van der Waals surface area contributed by atoms with Crippen molar-refractivity contribution in [3.8, 4) is 16.9 Å². The number of benzene rings is 2. The van der Waals surface area contributed by atoms with Gasteiger partial charge in [0.25, 0.3) is 5.91 Å². The van der Waals surface area contributed by atoms with Crippen LogP contribution in [0.15, 0.2) is 63.8 Å². The fraction of sp³-hybridized carbons (Fsp3) is 0.346. The van der Waals surface area contributed by atoms with Gasteiger partial charge in [-0.05, 0) is 43.0 Å². The van der Waals surface area contributed by atoms with Crippen LogP contribution in [0.4, 0.5) is 0 Å². The molecule has 1 aromatic heterocycles. The zero-order valence-corrected chi connectivity index (χ0v) is 19.1. The smallest absolute Gasteiger partial charge is 0.336 e. The second kappa shape index (κ2) is 9.48. The molecule has 0 aliphatic carbocycles. The summed E-state index contributed by atoms with van der Waals surface area (Å²) in [5, 5.41) is 0.785. The van der Waals surface area contributed by atoms with Crippen LogP contribution in [0.1, 0.15) is 19.8 Å². The van der Waals surface area contributed by atoms with Crippen LogP contribution >= 0.6 is 0 Å². The van der Waals surface area contributed by atoms with Crippen molar-refractivity contribution in [1.29, 1.82) is 0 Å². The van der Waals surface area contributed by atoms with E-state index in [2.05, 4.69) is 0 Å². The van der Waals surface area contributed by atoms with E-state index in [1.54, 1.807) is 43.0 Å². The van der Waals surface area contributed by atoms with E-state index >= 15 is 0 Å². The maximum Gasteiger partial charge on any atom is 0.336 e. The summed E-state index contributed by atoms with van der Waals surface area (Å²) in [5.74, 6) is 0.136. The van der Waals surface area contributed by atoms with Crippen molar-refractivity contribution >= 4 is 22.8 Å². The number of ether oxygens (including phenoxy) is 1. The Morgan fingerprint density at radius 1 is 1.12 bits per heavy atom. The quantitative estimate of drug-likeness (QED) is 0.558. The van der Waals surface area contributed by atoms with E-state index < -0.39 is 11.7 Å². The van der Waals surface area contributed by atoms with Crippen molar-refractivity contribution < 1.29 is 18.7 Å². The van der Waals surface area contributed by atoms with E-state index in [1.807, 2.05) is 36.4 Å². The average molecular weight is 449 g/mol. The van der Waals surface area contributed by atoms with E-state index in [0.717, 1.165) is 29.4 Å². The van der Waals surface area contributed by atoms with E-state index in [9.17, 15) is 14.4 Å². The number of likely N-dealkylation sites (tertiary alicyclic amines) is 1. The first-order valence-electron chi connectivity index (χ1n) is 11.1. The Balaban J connectivity index is 1.52. The minimum absolute atomic E-state index is 0.0415. The Labute approximate surface area is 192 Å². The van der Waals surface area contributed by atoms with Gasteiger partial charge in [-0.15, -0.1) is 0 Å². The number of amides is 2. The normalized spacial score (nSPS) is 16.9. The highest BCUT2D eigenvalue weighted by Gasteiger charge is 2.31. The Bertz CT molecular complexity index is 1220. The van der Waals surface area contributed by atoms with Gasteiger partial charge in [-0.1, -0.05) is 30.3 Å². The molecular weight excluding hydrogens is 420 g/mol. The van der Waals surface area contributed by atoms with Crippen molar-refractivity contribution in [3.63, 3.8) is 0 Å². The van der Waals surface area contributed by atoms with E-state index in [0.29, 0.717) is 24.4 Å². The van der Waals surface area contributed by atoms with Crippen LogP contribution in [-0.2, 0) is 9.59 Å². The lowest BCUT2D eigenvalue weighted by atomic mass is 9.96. The molecule has 1 aliphatic heterocycles. The topological polar surface area (TPSA) is 80.1 Å². The van der Waals surface area contributed by atoms with Gasteiger partial charge >= 0.3 is 5.63 Å². The maximum atomic E-state index is 13.0. The third kappa shape index (κ3) is 4.92. The molecule has 33 heavy (non-hydrogen) atoms. The molecule has 0 saturated carbocycles. The summed E-state index contributed by atoms with van der Waals surface area (Å²) < 4.78 is 11.3. The van der Waals surface area contributed by atoms with E-state index in [1.165, 1.54) is 6.07 Å². The molecule has 0 spiro atoms. The number of nitrogens with zero attached hydrogens (tertiary/aromatic N) is 2. The first-order valence-corrected chi connectivity index (χ1v) is 11.1. The monoisotopic (exact) mass is 448 g/mol. The highest BCUT2D eigenvalue weighted by molar-refractivity contribution is 5.93. The minimum Gasteiger partial charge on any atom is -0.481 e. The molecule has 1 fully saturated rings. The van der Waals surface area contributed by atoms with Gasteiger partial charge in [0.1, 0.15) is 11.3 Å². The fourth-order valence-corrected chi connectivity index (χ4v) is 4.33. The maximum absolute atomic E-state index is 13.0. The predicted molar refractivity (Wildman–Crippen MR) is 126 cm³/mol. The van der Waals surface area contributed by atoms with Gasteiger partial charge in [0.15, 0.2) is 6.10 Å². The molecule has 2 heterocycles. The molecule has 0 radical (unpaired) electrons. The first-order chi connectivity index (χ1) is 15.8. The number of hydrogen-bond donors (Lipinski definition) is 0. The van der Waals surface area contributed by atoms with E-state index in [4.69, 9.17) is 9.15 Å². The first kappa shape index (κ1) is 22.6. The molecular formula is C26H28N2O5. The van der Waals surface area contributed by atoms with Gasteiger partial charge in [0, 0.05) is 44.7 Å². The summed E-state index contributed by atoms with van der Waals surface area (Å²) in [6.45, 7) is 2.70. The molecule has 0 N–H and O–H groups in total. The lowest BCUT2D eigenvalue weighted by molar-refractivity contribution is -0.143. The second-order valence-electron chi connectivity index (χ2n) is 8.62.